The first-order chi connectivity index (χ1) is 8.99. The smallest absolute Gasteiger partial charge is 0.274 e. The highest BCUT2D eigenvalue weighted by atomic mass is 35.5. The van der Waals surface area contributed by atoms with Crippen LogP contribution in [0.25, 0.3) is 0 Å². The number of nitrogens with one attached hydrogen (secondary N) is 1. The van der Waals surface area contributed by atoms with Crippen molar-refractivity contribution in [3.8, 4) is 0 Å². The van der Waals surface area contributed by atoms with E-state index in [-0.39, 0.29) is 10.7 Å². The average Bonchev–Trinajstić information content (AvgIpc) is 2.37. The molecule has 4 nitrogen and oxygen atoms in total. The van der Waals surface area contributed by atoms with Crippen molar-refractivity contribution in [3.63, 3.8) is 0 Å². The van der Waals surface area contributed by atoms with Gasteiger partial charge in [0.05, 0.1) is 5.02 Å². The molecule has 0 atom stereocenters. The van der Waals surface area contributed by atoms with Crippen LogP contribution in [0, 0.1) is 19.7 Å². The van der Waals surface area contributed by atoms with Crippen LogP contribution in [0.5, 0.6) is 0 Å². The number of nitrogens with zero attached hydrogens (tertiary/aromatic N) is 2. The predicted molar refractivity (Wildman–Crippen MR) is 70.9 cm³/mol. The van der Waals surface area contributed by atoms with Crippen molar-refractivity contribution in [3.05, 3.63) is 52.3 Å². The lowest BCUT2D eigenvalue weighted by Gasteiger charge is -2.08. The summed E-state index contributed by atoms with van der Waals surface area (Å²) < 4.78 is 13.3. The van der Waals surface area contributed by atoms with Crippen molar-refractivity contribution in [2.75, 3.05) is 5.32 Å². The molecule has 0 aliphatic heterocycles. The van der Waals surface area contributed by atoms with Crippen LogP contribution in [-0.2, 0) is 0 Å². The number of carbonyl (C=O) groups is 1. The Morgan fingerprint density at radius 1 is 1.32 bits per heavy atom. The third-order valence-electron chi connectivity index (χ3n) is 2.73. The maximum Gasteiger partial charge on any atom is 0.274 e. The van der Waals surface area contributed by atoms with Gasteiger partial charge in [0, 0.05) is 16.9 Å². The molecule has 19 heavy (non-hydrogen) atoms. The van der Waals surface area contributed by atoms with Crippen LogP contribution in [0.3, 0.4) is 0 Å². The van der Waals surface area contributed by atoms with Gasteiger partial charge < -0.3 is 5.32 Å². The average molecular weight is 280 g/mol. The lowest BCUT2D eigenvalue weighted by molar-refractivity contribution is 0.102. The van der Waals surface area contributed by atoms with Crippen molar-refractivity contribution in [1.82, 2.24) is 9.97 Å². The molecule has 6 heteroatoms. The van der Waals surface area contributed by atoms with E-state index in [1.165, 1.54) is 18.5 Å². The van der Waals surface area contributed by atoms with Crippen molar-refractivity contribution >= 4 is 23.2 Å². The van der Waals surface area contributed by atoms with Gasteiger partial charge in [0.15, 0.2) is 0 Å². The minimum absolute atomic E-state index is 0.00654. The Kier molecular flexibility index (Phi) is 3.76. The van der Waals surface area contributed by atoms with E-state index in [2.05, 4.69) is 15.3 Å². The van der Waals surface area contributed by atoms with Gasteiger partial charge in [0.1, 0.15) is 17.8 Å². The molecule has 0 bridgehead atoms. The topological polar surface area (TPSA) is 54.9 Å². The van der Waals surface area contributed by atoms with Crippen LogP contribution >= 0.6 is 11.6 Å². The minimum Gasteiger partial charge on any atom is -0.321 e. The molecule has 0 unspecified atom stereocenters. The third-order valence-corrected chi connectivity index (χ3v) is 3.04. The lowest BCUT2D eigenvalue weighted by atomic mass is 10.2. The molecule has 0 saturated carbocycles. The molecule has 1 heterocycles. The van der Waals surface area contributed by atoms with Crippen LogP contribution < -0.4 is 5.32 Å². The SMILES string of the molecule is Cc1ncnc(C(=O)Nc2ccc(Cl)c(F)c2)c1C. The largest absolute Gasteiger partial charge is 0.321 e. The van der Waals surface area contributed by atoms with Gasteiger partial charge in [-0.25, -0.2) is 14.4 Å². The summed E-state index contributed by atoms with van der Waals surface area (Å²) in [6.07, 6.45) is 1.32. The molecular weight excluding hydrogens is 269 g/mol. The number of benzene rings is 1. The number of halogens is 2. The van der Waals surface area contributed by atoms with E-state index < -0.39 is 11.7 Å². The molecule has 0 aliphatic rings. The van der Waals surface area contributed by atoms with Crippen LogP contribution in [0.15, 0.2) is 24.5 Å². The van der Waals surface area contributed by atoms with Crippen molar-refractivity contribution in [1.29, 1.82) is 0 Å². The second-order valence-corrected chi connectivity index (χ2v) is 4.42. The van der Waals surface area contributed by atoms with E-state index in [1.54, 1.807) is 13.8 Å². The second kappa shape index (κ2) is 5.32. The summed E-state index contributed by atoms with van der Waals surface area (Å²) in [5.74, 6) is -1.00. The first kappa shape index (κ1) is 13.4. The molecule has 0 fully saturated rings. The first-order valence-electron chi connectivity index (χ1n) is 5.53. The fraction of sp³-hybridized carbons (Fsp3) is 0.154. The van der Waals surface area contributed by atoms with Gasteiger partial charge in [-0.2, -0.15) is 0 Å². The molecule has 0 spiro atoms. The second-order valence-electron chi connectivity index (χ2n) is 4.02. The zero-order valence-corrected chi connectivity index (χ0v) is 11.1. The Morgan fingerprint density at radius 2 is 2.05 bits per heavy atom. The van der Waals surface area contributed by atoms with E-state index in [9.17, 15) is 9.18 Å². The van der Waals surface area contributed by atoms with Crippen LogP contribution in [-0.4, -0.2) is 15.9 Å². The molecule has 2 aromatic rings. The summed E-state index contributed by atoms with van der Waals surface area (Å²) in [6, 6.07) is 4.06. The summed E-state index contributed by atoms with van der Waals surface area (Å²) >= 11 is 5.57. The predicted octanol–water partition coefficient (Wildman–Crippen LogP) is 3.14. The van der Waals surface area contributed by atoms with E-state index in [4.69, 9.17) is 11.6 Å². The van der Waals surface area contributed by atoms with Gasteiger partial charge in [-0.05, 0) is 32.0 Å². The van der Waals surface area contributed by atoms with Gasteiger partial charge in [-0.15, -0.1) is 0 Å². The molecule has 2 rings (SSSR count). The van der Waals surface area contributed by atoms with Crippen molar-refractivity contribution in [2.45, 2.75) is 13.8 Å². The summed E-state index contributed by atoms with van der Waals surface area (Å²) in [5, 5.41) is 2.57. The zero-order chi connectivity index (χ0) is 14.0. The first-order valence-corrected chi connectivity index (χ1v) is 5.91. The number of rotatable bonds is 2. The molecule has 1 amide bonds. The maximum atomic E-state index is 13.3. The van der Waals surface area contributed by atoms with Gasteiger partial charge in [0.25, 0.3) is 5.91 Å². The third kappa shape index (κ3) is 2.88. The highest BCUT2D eigenvalue weighted by molar-refractivity contribution is 6.30. The highest BCUT2D eigenvalue weighted by Gasteiger charge is 2.13. The van der Waals surface area contributed by atoms with Crippen LogP contribution in [0.4, 0.5) is 10.1 Å². The normalized spacial score (nSPS) is 10.3. The quantitative estimate of drug-likeness (QED) is 0.919. The van der Waals surface area contributed by atoms with Crippen LogP contribution in [0.1, 0.15) is 21.7 Å². The summed E-state index contributed by atoms with van der Waals surface area (Å²) in [4.78, 5) is 19.9. The van der Waals surface area contributed by atoms with E-state index in [1.807, 2.05) is 0 Å². The summed E-state index contributed by atoms with van der Waals surface area (Å²) in [6.45, 7) is 3.54. The van der Waals surface area contributed by atoms with Gasteiger partial charge >= 0.3 is 0 Å². The molecule has 0 aliphatic carbocycles. The summed E-state index contributed by atoms with van der Waals surface area (Å²) in [5.41, 5.74) is 2.00. The summed E-state index contributed by atoms with van der Waals surface area (Å²) in [7, 11) is 0. The van der Waals surface area contributed by atoms with Gasteiger partial charge in [-0.1, -0.05) is 11.6 Å². The standard InChI is InChI=1S/C13H11ClFN3O/c1-7-8(2)16-6-17-12(7)13(19)18-9-3-4-10(14)11(15)5-9/h3-6H,1-2H3,(H,18,19). The van der Waals surface area contributed by atoms with Crippen molar-refractivity contribution < 1.29 is 9.18 Å². The number of amides is 1. The number of carbonyl (C=O) groups excluding carboxylic acids is 1. The van der Waals surface area contributed by atoms with E-state index in [0.717, 1.165) is 11.8 Å². The number of anilines is 1. The number of aryl methyl sites for hydroxylation is 1. The number of hydrogen-bond acceptors (Lipinski definition) is 3. The molecule has 1 aromatic carbocycles. The number of aromatic nitrogens is 2. The van der Waals surface area contributed by atoms with Crippen LogP contribution in [0.2, 0.25) is 5.02 Å². The Hall–Kier alpha value is -2.01. The monoisotopic (exact) mass is 279 g/mol. The Balaban J connectivity index is 2.26. The molecular formula is C13H11ClFN3O. The Morgan fingerprint density at radius 3 is 2.74 bits per heavy atom. The molecule has 1 N–H and O–H groups in total. The minimum atomic E-state index is -0.588. The molecule has 98 valence electrons. The van der Waals surface area contributed by atoms with Crippen molar-refractivity contribution in [2.24, 2.45) is 0 Å². The van der Waals surface area contributed by atoms with Gasteiger partial charge in [-0.3, -0.25) is 4.79 Å². The Labute approximate surface area is 114 Å². The van der Waals surface area contributed by atoms with E-state index >= 15 is 0 Å². The maximum absolute atomic E-state index is 13.3. The molecule has 1 aromatic heterocycles. The zero-order valence-electron chi connectivity index (χ0n) is 10.4. The molecule has 0 saturated heterocycles. The Bertz CT molecular complexity index is 646. The van der Waals surface area contributed by atoms with Gasteiger partial charge in [0.2, 0.25) is 0 Å². The fourth-order valence-corrected chi connectivity index (χ4v) is 1.65. The van der Waals surface area contributed by atoms with E-state index in [0.29, 0.717) is 11.3 Å². The lowest BCUT2D eigenvalue weighted by Crippen LogP contribution is -2.16. The molecule has 0 radical (unpaired) electrons. The highest BCUT2D eigenvalue weighted by Crippen LogP contribution is 2.19. The number of hydrogen-bond donors (Lipinski definition) is 1. The fourth-order valence-electron chi connectivity index (χ4n) is 1.53.